The van der Waals surface area contributed by atoms with Crippen LogP contribution in [-0.4, -0.2) is 51.6 Å². The van der Waals surface area contributed by atoms with Gasteiger partial charge >= 0.3 is 5.97 Å². The van der Waals surface area contributed by atoms with Gasteiger partial charge in [0.05, 0.1) is 30.2 Å². The normalized spacial score (nSPS) is 12.0. The van der Waals surface area contributed by atoms with Crippen molar-refractivity contribution in [1.82, 2.24) is 19.7 Å². The Morgan fingerprint density at radius 2 is 2.14 bits per heavy atom. The van der Waals surface area contributed by atoms with Crippen LogP contribution < -0.4 is 15.8 Å². The summed E-state index contributed by atoms with van der Waals surface area (Å²) < 4.78 is 12.2. The van der Waals surface area contributed by atoms with Crippen molar-refractivity contribution in [2.45, 2.75) is 18.1 Å². The summed E-state index contributed by atoms with van der Waals surface area (Å²) in [5.41, 5.74) is 6.61. The second-order valence-corrected chi connectivity index (χ2v) is 7.57. The van der Waals surface area contributed by atoms with Crippen molar-refractivity contribution in [3.8, 4) is 5.75 Å². The lowest BCUT2D eigenvalue weighted by molar-refractivity contribution is -0.137. The van der Waals surface area contributed by atoms with Crippen molar-refractivity contribution < 1.29 is 19.1 Å². The van der Waals surface area contributed by atoms with Gasteiger partial charge in [-0.3, -0.25) is 14.2 Å². The number of nitrogen functional groups attached to an aromatic ring is 1. The summed E-state index contributed by atoms with van der Waals surface area (Å²) in [6.45, 7) is 1.66. The number of hydrogen-bond acceptors (Lipinski definition) is 10. The Labute approximate surface area is 168 Å². The van der Waals surface area contributed by atoms with Gasteiger partial charge in [0.15, 0.2) is 10.3 Å². The zero-order chi connectivity index (χ0) is 20.3. The van der Waals surface area contributed by atoms with Crippen LogP contribution in [0.4, 0.5) is 11.1 Å². The first-order chi connectivity index (χ1) is 13.4. The van der Waals surface area contributed by atoms with E-state index in [4.69, 9.17) is 10.5 Å². The highest BCUT2D eigenvalue weighted by atomic mass is 32.2. The molecule has 1 unspecified atom stereocenters. The number of fused-ring (bicyclic) bond motifs is 1. The molecule has 0 bridgehead atoms. The number of nitrogens with one attached hydrogen (secondary N) is 1. The third-order valence-electron chi connectivity index (χ3n) is 3.83. The molecule has 1 amide bonds. The molecule has 0 radical (unpaired) electrons. The molecule has 1 aromatic carbocycles. The number of nitrogens with zero attached hydrogens (tertiary/aromatic N) is 4. The number of carbonyl (C=O) groups excluding carboxylic acids is 2. The van der Waals surface area contributed by atoms with E-state index in [-0.39, 0.29) is 17.6 Å². The highest BCUT2D eigenvalue weighted by Gasteiger charge is 2.23. The van der Waals surface area contributed by atoms with Gasteiger partial charge in [-0.15, -0.1) is 10.2 Å². The molecule has 2 heterocycles. The minimum Gasteiger partial charge on any atom is -0.497 e. The Bertz CT molecular complexity index is 1020. The van der Waals surface area contributed by atoms with Gasteiger partial charge < -0.3 is 20.5 Å². The van der Waals surface area contributed by atoms with Crippen LogP contribution in [0.1, 0.15) is 13.0 Å². The number of anilines is 2. The molecule has 28 heavy (non-hydrogen) atoms. The molecule has 0 fully saturated rings. The Balaban J connectivity index is 1.76. The van der Waals surface area contributed by atoms with Crippen LogP contribution >= 0.6 is 23.1 Å². The smallest absolute Gasteiger partial charge is 0.316 e. The Morgan fingerprint density at radius 1 is 1.36 bits per heavy atom. The van der Waals surface area contributed by atoms with Crippen molar-refractivity contribution in [1.29, 1.82) is 0 Å². The Hall–Kier alpha value is -2.86. The van der Waals surface area contributed by atoms with Gasteiger partial charge in [0.25, 0.3) is 0 Å². The highest BCUT2D eigenvalue weighted by Crippen LogP contribution is 2.30. The summed E-state index contributed by atoms with van der Waals surface area (Å²) in [6, 6.07) is 4.77. The maximum atomic E-state index is 12.7. The third kappa shape index (κ3) is 4.17. The van der Waals surface area contributed by atoms with E-state index in [1.807, 2.05) is 12.1 Å². The lowest BCUT2D eigenvalue weighted by atomic mass is 10.3. The fraction of sp³-hybridized carbons (Fsp3) is 0.312. The molecule has 0 spiro atoms. The third-order valence-corrected chi connectivity index (χ3v) is 5.68. The zero-order valence-corrected chi connectivity index (χ0v) is 17.0. The summed E-state index contributed by atoms with van der Waals surface area (Å²) in [5, 5.41) is 11.3. The molecule has 3 aromatic rings. The second-order valence-electron chi connectivity index (χ2n) is 5.59. The zero-order valence-electron chi connectivity index (χ0n) is 15.3. The standard InChI is InChI=1S/C16H18N6O4S2/c1-8(22-14(17)20-21-16(22)27-7-12(23)26-3)13(24)19-15-18-10-5-4-9(25-2)6-11(10)28-15/h4-6,8H,7H2,1-3H3,(H2,17,20)(H,18,19,24). The molecule has 0 saturated heterocycles. The van der Waals surface area contributed by atoms with Crippen molar-refractivity contribution >= 4 is 56.3 Å². The van der Waals surface area contributed by atoms with Gasteiger partial charge in [0, 0.05) is 0 Å². The molecule has 1 atom stereocenters. The molecule has 148 valence electrons. The summed E-state index contributed by atoms with van der Waals surface area (Å²) in [5.74, 6) is 0.0661. The number of nitrogens with two attached hydrogens (primary N) is 1. The van der Waals surface area contributed by atoms with E-state index in [1.165, 1.54) is 23.0 Å². The predicted octanol–water partition coefficient (Wildman–Crippen LogP) is 1.94. The van der Waals surface area contributed by atoms with Gasteiger partial charge in [-0.25, -0.2) is 4.98 Å². The van der Waals surface area contributed by atoms with Crippen molar-refractivity contribution in [2.24, 2.45) is 0 Å². The van der Waals surface area contributed by atoms with E-state index in [9.17, 15) is 9.59 Å². The molecule has 0 saturated carbocycles. The number of benzene rings is 1. The fourth-order valence-corrected chi connectivity index (χ4v) is 4.10. The van der Waals surface area contributed by atoms with Crippen molar-refractivity contribution in [2.75, 3.05) is 31.0 Å². The summed E-state index contributed by atoms with van der Waals surface area (Å²) in [6.07, 6.45) is 0. The number of aromatic nitrogens is 4. The van der Waals surface area contributed by atoms with Crippen LogP contribution in [0.5, 0.6) is 5.75 Å². The first-order valence-electron chi connectivity index (χ1n) is 8.08. The van der Waals surface area contributed by atoms with Gasteiger partial charge in [-0.05, 0) is 25.1 Å². The van der Waals surface area contributed by atoms with E-state index < -0.39 is 12.0 Å². The number of rotatable bonds is 7. The Morgan fingerprint density at radius 3 is 2.86 bits per heavy atom. The van der Waals surface area contributed by atoms with Crippen molar-refractivity contribution in [3.05, 3.63) is 18.2 Å². The number of ether oxygens (including phenoxy) is 2. The fourth-order valence-electron chi connectivity index (χ4n) is 2.35. The molecule has 0 aliphatic rings. The van der Waals surface area contributed by atoms with E-state index >= 15 is 0 Å². The highest BCUT2D eigenvalue weighted by molar-refractivity contribution is 7.99. The average Bonchev–Trinajstić information content (AvgIpc) is 3.26. The van der Waals surface area contributed by atoms with Gasteiger partial charge in [0.1, 0.15) is 11.8 Å². The van der Waals surface area contributed by atoms with Gasteiger partial charge in [-0.1, -0.05) is 23.1 Å². The maximum absolute atomic E-state index is 12.7. The quantitative estimate of drug-likeness (QED) is 0.432. The van der Waals surface area contributed by atoms with Crippen LogP contribution in [0, 0.1) is 0 Å². The Kier molecular flexibility index (Phi) is 5.99. The molecule has 0 aliphatic carbocycles. The van der Waals surface area contributed by atoms with E-state index in [0.717, 1.165) is 22.0 Å². The van der Waals surface area contributed by atoms with Crippen LogP contribution in [-0.2, 0) is 14.3 Å². The number of hydrogen-bond donors (Lipinski definition) is 2. The van der Waals surface area contributed by atoms with E-state index in [0.29, 0.717) is 16.0 Å². The number of methoxy groups -OCH3 is 2. The monoisotopic (exact) mass is 422 g/mol. The van der Waals surface area contributed by atoms with E-state index in [1.54, 1.807) is 20.1 Å². The number of amides is 1. The second kappa shape index (κ2) is 8.44. The number of carbonyl (C=O) groups is 2. The first kappa shape index (κ1) is 19.9. The number of esters is 1. The van der Waals surface area contributed by atoms with Crippen LogP contribution in [0.2, 0.25) is 0 Å². The largest absolute Gasteiger partial charge is 0.497 e. The van der Waals surface area contributed by atoms with Gasteiger partial charge in [0.2, 0.25) is 11.9 Å². The summed E-state index contributed by atoms with van der Waals surface area (Å²) in [7, 11) is 2.89. The maximum Gasteiger partial charge on any atom is 0.316 e. The molecule has 2 aromatic heterocycles. The van der Waals surface area contributed by atoms with Crippen LogP contribution in [0.15, 0.2) is 23.4 Å². The minimum absolute atomic E-state index is 0.0304. The van der Waals surface area contributed by atoms with Crippen LogP contribution in [0.3, 0.4) is 0 Å². The average molecular weight is 422 g/mol. The molecule has 10 nitrogen and oxygen atoms in total. The molecule has 0 aliphatic heterocycles. The molecule has 3 rings (SSSR count). The molecular formula is C16H18N6O4S2. The molecule has 3 N–H and O–H groups in total. The SMILES string of the molecule is COC(=O)CSc1nnc(N)n1C(C)C(=O)Nc1nc2ccc(OC)cc2s1. The van der Waals surface area contributed by atoms with Gasteiger partial charge in [-0.2, -0.15) is 0 Å². The number of thioether (sulfide) groups is 1. The topological polar surface area (TPSA) is 134 Å². The molecule has 12 heteroatoms. The van der Waals surface area contributed by atoms with E-state index in [2.05, 4.69) is 25.2 Å². The predicted molar refractivity (Wildman–Crippen MR) is 107 cm³/mol. The lowest BCUT2D eigenvalue weighted by Crippen LogP contribution is -2.25. The van der Waals surface area contributed by atoms with Crippen molar-refractivity contribution in [3.63, 3.8) is 0 Å². The first-order valence-corrected chi connectivity index (χ1v) is 9.88. The minimum atomic E-state index is -0.711. The molecular weight excluding hydrogens is 404 g/mol. The van der Waals surface area contributed by atoms with Crippen LogP contribution in [0.25, 0.3) is 10.2 Å². The summed E-state index contributed by atoms with van der Waals surface area (Å²) in [4.78, 5) is 28.5. The lowest BCUT2D eigenvalue weighted by Gasteiger charge is -2.15. The summed E-state index contributed by atoms with van der Waals surface area (Å²) >= 11 is 2.42. The number of thiazole rings is 1.